The number of hydrogen-bond acceptors (Lipinski definition) is 3. The molecule has 19 heavy (non-hydrogen) atoms. The fraction of sp³-hybridized carbons (Fsp3) is 0.818. The molecule has 0 fully saturated rings. The lowest BCUT2D eigenvalue weighted by molar-refractivity contribution is -0.165. The quantitative estimate of drug-likeness (QED) is 0.338. The summed E-state index contributed by atoms with van der Waals surface area (Å²) in [5.41, 5.74) is 4.00. The summed E-state index contributed by atoms with van der Waals surface area (Å²) >= 11 is 0. The van der Waals surface area contributed by atoms with Crippen molar-refractivity contribution >= 4 is 11.7 Å². The van der Waals surface area contributed by atoms with E-state index < -0.39 is 24.0 Å². The van der Waals surface area contributed by atoms with Crippen LogP contribution in [0.4, 0.5) is 13.2 Å². The summed E-state index contributed by atoms with van der Waals surface area (Å²) in [6, 6.07) is 0. The molecule has 1 unspecified atom stereocenters. The van der Waals surface area contributed by atoms with E-state index >= 15 is 0 Å². The normalized spacial score (nSPS) is 16.0. The zero-order valence-electron chi connectivity index (χ0n) is 11.3. The number of alkyl halides is 3. The highest BCUT2D eigenvalue weighted by molar-refractivity contribution is 6.06. The predicted molar refractivity (Wildman–Crippen MR) is 64.7 cm³/mol. The maximum absolute atomic E-state index is 12.5. The van der Waals surface area contributed by atoms with Crippen LogP contribution in [0.1, 0.15) is 33.6 Å². The molecule has 0 aliphatic carbocycles. The zero-order chi connectivity index (χ0) is 15.3. The minimum absolute atomic E-state index is 0.0351. The minimum atomic E-state index is -4.48. The third kappa shape index (κ3) is 4.60. The van der Waals surface area contributed by atoms with Crippen LogP contribution in [0.15, 0.2) is 5.16 Å². The Kier molecular flexibility index (Phi) is 6.11. The van der Waals surface area contributed by atoms with Gasteiger partial charge in [-0.1, -0.05) is 19.0 Å². The van der Waals surface area contributed by atoms with E-state index in [2.05, 4.69) is 5.16 Å². The summed E-state index contributed by atoms with van der Waals surface area (Å²) in [6.07, 6.45) is -3.96. The number of nitrogens with zero attached hydrogens (tertiary/aromatic N) is 2. The van der Waals surface area contributed by atoms with Gasteiger partial charge in [0.1, 0.15) is 12.0 Å². The highest BCUT2D eigenvalue weighted by atomic mass is 19.4. The summed E-state index contributed by atoms with van der Waals surface area (Å²) in [7, 11) is 0. The van der Waals surface area contributed by atoms with Crippen molar-refractivity contribution in [2.45, 2.75) is 39.8 Å². The Labute approximate surface area is 110 Å². The lowest BCUT2D eigenvalue weighted by Crippen LogP contribution is -2.52. The summed E-state index contributed by atoms with van der Waals surface area (Å²) in [4.78, 5) is 12.9. The fourth-order valence-electron chi connectivity index (χ4n) is 1.64. The van der Waals surface area contributed by atoms with Crippen LogP contribution in [-0.4, -0.2) is 41.1 Å². The average Bonchev–Trinajstić information content (AvgIpc) is 2.33. The van der Waals surface area contributed by atoms with E-state index in [9.17, 15) is 18.0 Å². The molecule has 0 radical (unpaired) electrons. The van der Waals surface area contributed by atoms with Gasteiger partial charge in [0.05, 0.1) is 0 Å². The second-order valence-electron chi connectivity index (χ2n) is 4.51. The second kappa shape index (κ2) is 6.63. The molecule has 0 aliphatic heterocycles. The van der Waals surface area contributed by atoms with Gasteiger partial charge in [0.25, 0.3) is 0 Å². The van der Waals surface area contributed by atoms with E-state index in [0.717, 1.165) is 0 Å². The standard InChI is InChI=1S/C11H20F3N3O2/c1-4-6-17(7-11(12,13)14)9(18)10(3,5-2)8(15)16-19/h19H,4-7H2,1-3H3,(H2,15,16). The molecule has 0 bridgehead atoms. The predicted octanol–water partition coefficient (Wildman–Crippen LogP) is 1.95. The van der Waals surface area contributed by atoms with Gasteiger partial charge in [-0.25, -0.2) is 0 Å². The largest absolute Gasteiger partial charge is 0.409 e. The van der Waals surface area contributed by atoms with Gasteiger partial charge in [-0.2, -0.15) is 13.2 Å². The van der Waals surface area contributed by atoms with E-state index in [1.165, 1.54) is 6.92 Å². The van der Waals surface area contributed by atoms with Crippen LogP contribution < -0.4 is 5.73 Å². The van der Waals surface area contributed by atoms with Crippen LogP contribution in [0, 0.1) is 5.41 Å². The molecular formula is C11H20F3N3O2. The smallest absolute Gasteiger partial charge is 0.406 e. The number of rotatable bonds is 6. The molecule has 5 nitrogen and oxygen atoms in total. The Morgan fingerprint density at radius 3 is 2.21 bits per heavy atom. The summed E-state index contributed by atoms with van der Waals surface area (Å²) < 4.78 is 37.4. The first kappa shape index (κ1) is 17.5. The fourth-order valence-corrected chi connectivity index (χ4v) is 1.64. The van der Waals surface area contributed by atoms with Gasteiger partial charge in [-0.05, 0) is 19.8 Å². The van der Waals surface area contributed by atoms with Crippen molar-refractivity contribution in [2.24, 2.45) is 16.3 Å². The van der Waals surface area contributed by atoms with E-state index in [1.54, 1.807) is 13.8 Å². The maximum Gasteiger partial charge on any atom is 0.406 e. The average molecular weight is 283 g/mol. The lowest BCUT2D eigenvalue weighted by Gasteiger charge is -2.33. The molecule has 0 heterocycles. The minimum Gasteiger partial charge on any atom is -0.409 e. The molecule has 112 valence electrons. The summed E-state index contributed by atoms with van der Waals surface area (Å²) in [6.45, 7) is 3.25. The van der Waals surface area contributed by atoms with Crippen molar-refractivity contribution in [3.05, 3.63) is 0 Å². The van der Waals surface area contributed by atoms with E-state index in [4.69, 9.17) is 10.9 Å². The van der Waals surface area contributed by atoms with E-state index in [-0.39, 0.29) is 18.8 Å². The Morgan fingerprint density at radius 2 is 1.89 bits per heavy atom. The van der Waals surface area contributed by atoms with Gasteiger partial charge in [-0.15, -0.1) is 0 Å². The first-order valence-corrected chi connectivity index (χ1v) is 5.96. The molecule has 0 rings (SSSR count). The van der Waals surface area contributed by atoms with Gasteiger partial charge in [0.15, 0.2) is 5.84 Å². The molecule has 0 spiro atoms. The number of halogens is 3. The third-order valence-electron chi connectivity index (χ3n) is 3.00. The first-order chi connectivity index (χ1) is 8.62. The number of hydrogen-bond donors (Lipinski definition) is 2. The molecule has 0 aliphatic rings. The van der Waals surface area contributed by atoms with Crippen LogP contribution in [-0.2, 0) is 4.79 Å². The maximum atomic E-state index is 12.5. The van der Waals surface area contributed by atoms with Crippen molar-refractivity contribution in [3.63, 3.8) is 0 Å². The molecule has 8 heteroatoms. The van der Waals surface area contributed by atoms with Crippen LogP contribution in [0.25, 0.3) is 0 Å². The van der Waals surface area contributed by atoms with E-state index in [0.29, 0.717) is 11.3 Å². The van der Waals surface area contributed by atoms with Crippen molar-refractivity contribution < 1.29 is 23.2 Å². The molecule has 3 N–H and O–H groups in total. The van der Waals surface area contributed by atoms with Crippen molar-refractivity contribution in [1.82, 2.24) is 4.90 Å². The highest BCUT2D eigenvalue weighted by Crippen LogP contribution is 2.27. The van der Waals surface area contributed by atoms with Crippen LogP contribution in [0.5, 0.6) is 0 Å². The Morgan fingerprint density at radius 1 is 1.37 bits per heavy atom. The summed E-state index contributed by atoms with van der Waals surface area (Å²) in [5, 5.41) is 11.4. The molecule has 0 aromatic carbocycles. The van der Waals surface area contributed by atoms with Crippen LogP contribution >= 0.6 is 0 Å². The molecule has 0 aromatic rings. The van der Waals surface area contributed by atoms with Crippen LogP contribution in [0.3, 0.4) is 0 Å². The van der Waals surface area contributed by atoms with E-state index in [1.807, 2.05) is 0 Å². The third-order valence-corrected chi connectivity index (χ3v) is 3.00. The number of carbonyl (C=O) groups excluding carboxylic acids is 1. The second-order valence-corrected chi connectivity index (χ2v) is 4.51. The lowest BCUT2D eigenvalue weighted by atomic mass is 9.84. The molecule has 0 saturated heterocycles. The number of carbonyl (C=O) groups is 1. The van der Waals surface area contributed by atoms with Gasteiger partial charge in [0, 0.05) is 6.54 Å². The first-order valence-electron chi connectivity index (χ1n) is 5.96. The number of oxime groups is 1. The van der Waals surface area contributed by atoms with Crippen molar-refractivity contribution in [3.8, 4) is 0 Å². The van der Waals surface area contributed by atoms with Crippen molar-refractivity contribution in [1.29, 1.82) is 0 Å². The van der Waals surface area contributed by atoms with Gasteiger partial charge >= 0.3 is 6.18 Å². The molecular weight excluding hydrogens is 263 g/mol. The summed E-state index contributed by atoms with van der Waals surface area (Å²) in [5.74, 6) is -1.17. The monoisotopic (exact) mass is 283 g/mol. The van der Waals surface area contributed by atoms with Crippen molar-refractivity contribution in [2.75, 3.05) is 13.1 Å². The van der Waals surface area contributed by atoms with Gasteiger partial charge < -0.3 is 15.8 Å². The number of amidine groups is 1. The Hall–Kier alpha value is -1.47. The SMILES string of the molecule is CCCN(CC(F)(F)F)C(=O)C(C)(CC)C(N)=NO. The number of amides is 1. The molecule has 1 atom stereocenters. The van der Waals surface area contributed by atoms with Gasteiger partial charge in [-0.3, -0.25) is 4.79 Å². The highest BCUT2D eigenvalue weighted by Gasteiger charge is 2.42. The Balaban J connectivity index is 5.28. The number of nitrogens with two attached hydrogens (primary N) is 1. The molecule has 0 saturated carbocycles. The topological polar surface area (TPSA) is 78.9 Å². The molecule has 1 amide bonds. The molecule has 0 aromatic heterocycles. The zero-order valence-corrected chi connectivity index (χ0v) is 11.3. The van der Waals surface area contributed by atoms with Gasteiger partial charge in [0.2, 0.25) is 5.91 Å². The van der Waals surface area contributed by atoms with Crippen LogP contribution in [0.2, 0.25) is 0 Å². The Bertz CT molecular complexity index is 345.